The minimum absolute atomic E-state index is 0. The quantitative estimate of drug-likeness (QED) is 0.313. The second-order valence-electron chi connectivity index (χ2n) is 9.00. The second kappa shape index (κ2) is 15.7. The summed E-state index contributed by atoms with van der Waals surface area (Å²) in [5, 5.41) is 3.99. The molecule has 3 rings (SSSR count). The third-order valence-corrected chi connectivity index (χ3v) is 7.59. The molecule has 0 aliphatic carbocycles. The molecular formula is C27H37BrN4O5S. The van der Waals surface area contributed by atoms with Crippen LogP contribution in [0.4, 0.5) is 0 Å². The number of benzene rings is 2. The maximum absolute atomic E-state index is 12.8. The van der Waals surface area contributed by atoms with Crippen molar-refractivity contribution in [2.75, 3.05) is 32.8 Å². The summed E-state index contributed by atoms with van der Waals surface area (Å²) in [6.45, 7) is 2.72. The van der Waals surface area contributed by atoms with E-state index < -0.39 is 21.9 Å². The molecule has 0 aromatic heterocycles. The van der Waals surface area contributed by atoms with Gasteiger partial charge in [0.05, 0.1) is 24.2 Å². The number of halogens is 1. The van der Waals surface area contributed by atoms with Crippen LogP contribution in [0.2, 0.25) is 0 Å². The molecule has 5 N–H and O–H groups in total. The normalized spacial score (nSPS) is 15.5. The van der Waals surface area contributed by atoms with E-state index in [1.807, 2.05) is 0 Å². The molecule has 11 heteroatoms. The Bertz CT molecular complexity index is 1150. The SMILES string of the molecule is Br.NCCCC[C@@H](/C=C/S(=O)(=O)c1ccccc1)NC(=O)[C@@H](N)Cc1ccc(C(=O)N2CCOCC2)cc1. The first-order valence-electron chi connectivity index (χ1n) is 12.5. The van der Waals surface area contributed by atoms with Crippen LogP contribution in [0.5, 0.6) is 0 Å². The lowest BCUT2D eigenvalue weighted by molar-refractivity contribution is -0.122. The fourth-order valence-corrected chi connectivity index (χ4v) is 5.07. The summed E-state index contributed by atoms with van der Waals surface area (Å²) in [5.41, 5.74) is 13.2. The van der Waals surface area contributed by atoms with Crippen molar-refractivity contribution in [2.45, 2.75) is 42.7 Å². The Kier molecular flexibility index (Phi) is 13.1. The molecule has 0 unspecified atom stereocenters. The number of hydrogen-bond acceptors (Lipinski definition) is 7. The molecule has 1 aliphatic heterocycles. The van der Waals surface area contributed by atoms with Crippen molar-refractivity contribution in [3.63, 3.8) is 0 Å². The topological polar surface area (TPSA) is 145 Å². The van der Waals surface area contributed by atoms with Gasteiger partial charge in [-0.1, -0.05) is 36.4 Å². The van der Waals surface area contributed by atoms with Gasteiger partial charge in [-0.25, -0.2) is 8.42 Å². The number of morpholine rings is 1. The largest absolute Gasteiger partial charge is 0.378 e. The fraction of sp³-hybridized carbons (Fsp3) is 0.407. The van der Waals surface area contributed by atoms with Gasteiger partial charge in [-0.3, -0.25) is 9.59 Å². The van der Waals surface area contributed by atoms with Gasteiger partial charge >= 0.3 is 0 Å². The maximum Gasteiger partial charge on any atom is 0.254 e. The third-order valence-electron chi connectivity index (χ3n) is 6.15. The Morgan fingerprint density at radius 2 is 1.68 bits per heavy atom. The van der Waals surface area contributed by atoms with Gasteiger partial charge in [0.15, 0.2) is 9.84 Å². The van der Waals surface area contributed by atoms with E-state index in [4.69, 9.17) is 16.2 Å². The summed E-state index contributed by atoms with van der Waals surface area (Å²) in [6.07, 6.45) is 3.79. The third kappa shape index (κ3) is 9.63. The van der Waals surface area contributed by atoms with E-state index in [1.165, 1.54) is 18.2 Å². The van der Waals surface area contributed by atoms with Gasteiger partial charge in [0.2, 0.25) is 5.91 Å². The number of rotatable bonds is 12. The minimum atomic E-state index is -3.64. The molecule has 1 aliphatic rings. The van der Waals surface area contributed by atoms with Crippen LogP contribution in [0.1, 0.15) is 35.2 Å². The first-order chi connectivity index (χ1) is 17.8. The van der Waals surface area contributed by atoms with Crippen LogP contribution in [0.3, 0.4) is 0 Å². The van der Waals surface area contributed by atoms with E-state index in [9.17, 15) is 18.0 Å². The van der Waals surface area contributed by atoms with Gasteiger partial charge < -0.3 is 26.4 Å². The number of carbonyl (C=O) groups excluding carboxylic acids is 2. The lowest BCUT2D eigenvalue weighted by Crippen LogP contribution is -2.46. The van der Waals surface area contributed by atoms with Crippen molar-refractivity contribution in [3.8, 4) is 0 Å². The summed E-state index contributed by atoms with van der Waals surface area (Å²) < 4.78 is 30.5. The molecule has 208 valence electrons. The van der Waals surface area contributed by atoms with E-state index in [0.29, 0.717) is 44.8 Å². The first kappa shape index (κ1) is 31.6. The van der Waals surface area contributed by atoms with Crippen molar-refractivity contribution in [1.29, 1.82) is 0 Å². The lowest BCUT2D eigenvalue weighted by atomic mass is 10.0. The Balaban J connectivity index is 0.00000507. The Labute approximate surface area is 235 Å². The zero-order valence-electron chi connectivity index (χ0n) is 21.3. The van der Waals surface area contributed by atoms with Gasteiger partial charge in [-0.2, -0.15) is 0 Å². The van der Waals surface area contributed by atoms with Gasteiger partial charge in [-0.15, -0.1) is 17.0 Å². The number of ether oxygens (including phenoxy) is 1. The molecule has 38 heavy (non-hydrogen) atoms. The molecule has 0 bridgehead atoms. The summed E-state index contributed by atoms with van der Waals surface area (Å²) in [6, 6.07) is 13.8. The molecule has 2 amide bonds. The van der Waals surface area contributed by atoms with Crippen LogP contribution >= 0.6 is 17.0 Å². The first-order valence-corrected chi connectivity index (χ1v) is 14.0. The van der Waals surface area contributed by atoms with Crippen LogP contribution in [0.15, 0.2) is 71.0 Å². The molecule has 0 spiro atoms. The summed E-state index contributed by atoms with van der Waals surface area (Å²) in [5.74, 6) is -0.428. The van der Waals surface area contributed by atoms with Crippen molar-refractivity contribution in [1.82, 2.24) is 10.2 Å². The molecule has 1 fully saturated rings. The van der Waals surface area contributed by atoms with Crippen LogP contribution in [0, 0.1) is 0 Å². The highest BCUT2D eigenvalue weighted by atomic mass is 79.9. The smallest absolute Gasteiger partial charge is 0.254 e. The molecule has 2 aromatic rings. The zero-order valence-corrected chi connectivity index (χ0v) is 23.9. The van der Waals surface area contributed by atoms with Gasteiger partial charge in [0, 0.05) is 30.1 Å². The highest BCUT2D eigenvalue weighted by molar-refractivity contribution is 8.93. The number of nitrogens with one attached hydrogen (secondary N) is 1. The van der Waals surface area contributed by atoms with Gasteiger partial charge in [0.25, 0.3) is 5.91 Å². The zero-order chi connectivity index (χ0) is 26.7. The van der Waals surface area contributed by atoms with Crippen molar-refractivity contribution >= 4 is 38.6 Å². The lowest BCUT2D eigenvalue weighted by Gasteiger charge is -2.26. The minimum Gasteiger partial charge on any atom is -0.378 e. The molecule has 9 nitrogen and oxygen atoms in total. The van der Waals surface area contributed by atoms with Crippen molar-refractivity contribution in [3.05, 3.63) is 77.2 Å². The molecular weight excluding hydrogens is 572 g/mol. The van der Waals surface area contributed by atoms with E-state index >= 15 is 0 Å². The number of hydrogen-bond donors (Lipinski definition) is 3. The van der Waals surface area contributed by atoms with Crippen LogP contribution < -0.4 is 16.8 Å². The average Bonchev–Trinajstić information content (AvgIpc) is 2.92. The number of amides is 2. The van der Waals surface area contributed by atoms with Crippen LogP contribution in [0.25, 0.3) is 0 Å². The van der Waals surface area contributed by atoms with Gasteiger partial charge in [0.1, 0.15) is 0 Å². The number of carbonyl (C=O) groups is 2. The fourth-order valence-electron chi connectivity index (χ4n) is 3.98. The average molecular weight is 610 g/mol. The van der Waals surface area contributed by atoms with Crippen molar-refractivity contribution in [2.24, 2.45) is 11.5 Å². The molecule has 1 saturated heterocycles. The summed E-state index contributed by atoms with van der Waals surface area (Å²) in [7, 11) is -3.64. The summed E-state index contributed by atoms with van der Waals surface area (Å²) in [4.78, 5) is 27.4. The molecule has 1 heterocycles. The molecule has 0 radical (unpaired) electrons. The number of nitrogens with zero attached hydrogens (tertiary/aromatic N) is 1. The predicted octanol–water partition coefficient (Wildman–Crippen LogP) is 2.21. The van der Waals surface area contributed by atoms with Crippen LogP contribution in [-0.4, -0.2) is 70.1 Å². The Morgan fingerprint density at radius 1 is 1.03 bits per heavy atom. The standard InChI is InChI=1S/C27H36N4O5S.BrH/c28-14-5-4-6-23(13-19-37(34,35)24-7-2-1-3-8-24)30-26(32)25(29)20-21-9-11-22(12-10-21)27(33)31-15-17-36-18-16-31;/h1-3,7-13,19,23,25H,4-6,14-18,20,28-29H2,(H,30,32);1H/b19-13+;/t23-,25-;/m0./s1. The molecule has 2 aromatic carbocycles. The number of sulfone groups is 1. The monoisotopic (exact) mass is 608 g/mol. The van der Waals surface area contributed by atoms with Gasteiger partial charge in [-0.05, 0) is 62.1 Å². The summed E-state index contributed by atoms with van der Waals surface area (Å²) >= 11 is 0. The highest BCUT2D eigenvalue weighted by Gasteiger charge is 2.20. The van der Waals surface area contributed by atoms with E-state index in [-0.39, 0.29) is 40.1 Å². The maximum atomic E-state index is 12.8. The highest BCUT2D eigenvalue weighted by Crippen LogP contribution is 2.14. The number of nitrogens with two attached hydrogens (primary N) is 2. The Hall–Kier alpha value is -2.57. The van der Waals surface area contributed by atoms with E-state index in [0.717, 1.165) is 23.8 Å². The Morgan fingerprint density at radius 3 is 2.32 bits per heavy atom. The van der Waals surface area contributed by atoms with E-state index in [2.05, 4.69) is 5.32 Å². The van der Waals surface area contributed by atoms with Crippen LogP contribution in [-0.2, 0) is 25.8 Å². The van der Waals surface area contributed by atoms with E-state index in [1.54, 1.807) is 47.4 Å². The molecule has 2 atom stereocenters. The van der Waals surface area contributed by atoms with Crippen molar-refractivity contribution < 1.29 is 22.7 Å². The second-order valence-corrected chi connectivity index (χ2v) is 10.8. The number of unbranched alkanes of at least 4 members (excludes halogenated alkanes) is 1. The predicted molar refractivity (Wildman–Crippen MR) is 153 cm³/mol. The molecule has 0 saturated carbocycles.